The first kappa shape index (κ1) is 17.7. The maximum absolute atomic E-state index is 11.9. The summed E-state index contributed by atoms with van der Waals surface area (Å²) in [5.74, 6) is -0.551. The number of nitrogens with one attached hydrogen (secondary N) is 1. The SMILES string of the molecule is NC(=O)c1cc(-c2ccccc2Cl)nn1-c1ccc([C@H]2CNCCO2)cc1. The maximum atomic E-state index is 11.9. The van der Waals surface area contributed by atoms with E-state index >= 15 is 0 Å². The van der Waals surface area contributed by atoms with Gasteiger partial charge in [0.15, 0.2) is 0 Å². The Morgan fingerprint density at radius 1 is 1.22 bits per heavy atom. The van der Waals surface area contributed by atoms with Crippen molar-refractivity contribution < 1.29 is 9.53 Å². The Kier molecular flexibility index (Phi) is 4.94. The zero-order valence-corrected chi connectivity index (χ0v) is 15.3. The molecule has 1 atom stereocenters. The van der Waals surface area contributed by atoms with Crippen LogP contribution in [0.2, 0.25) is 5.02 Å². The molecule has 1 fully saturated rings. The van der Waals surface area contributed by atoms with Crippen molar-refractivity contribution in [3.63, 3.8) is 0 Å². The highest BCUT2D eigenvalue weighted by Crippen LogP contribution is 2.28. The van der Waals surface area contributed by atoms with Crippen molar-refractivity contribution in [2.24, 2.45) is 5.73 Å². The second-order valence-corrected chi connectivity index (χ2v) is 6.73. The Morgan fingerprint density at radius 2 is 2.00 bits per heavy atom. The molecule has 1 aliphatic rings. The highest BCUT2D eigenvalue weighted by molar-refractivity contribution is 6.33. The summed E-state index contributed by atoms with van der Waals surface area (Å²) in [5, 5.41) is 8.44. The van der Waals surface area contributed by atoms with Gasteiger partial charge in [0.05, 0.1) is 29.1 Å². The summed E-state index contributed by atoms with van der Waals surface area (Å²) in [6.45, 7) is 2.34. The highest BCUT2D eigenvalue weighted by Gasteiger charge is 2.18. The number of carbonyl (C=O) groups is 1. The number of amides is 1. The number of ether oxygens (including phenoxy) is 1. The van der Waals surface area contributed by atoms with Gasteiger partial charge in [-0.15, -0.1) is 0 Å². The molecule has 1 aromatic heterocycles. The molecule has 0 aliphatic carbocycles. The van der Waals surface area contributed by atoms with Gasteiger partial charge in [0.25, 0.3) is 5.91 Å². The van der Waals surface area contributed by atoms with Gasteiger partial charge in [-0.25, -0.2) is 4.68 Å². The maximum Gasteiger partial charge on any atom is 0.267 e. The summed E-state index contributed by atoms with van der Waals surface area (Å²) in [7, 11) is 0. The van der Waals surface area contributed by atoms with Gasteiger partial charge >= 0.3 is 0 Å². The Morgan fingerprint density at radius 3 is 2.67 bits per heavy atom. The lowest BCUT2D eigenvalue weighted by molar-refractivity contribution is 0.0277. The third kappa shape index (κ3) is 3.60. The van der Waals surface area contributed by atoms with Crippen molar-refractivity contribution >= 4 is 17.5 Å². The van der Waals surface area contributed by atoms with Gasteiger partial charge in [-0.1, -0.05) is 41.9 Å². The van der Waals surface area contributed by atoms with Crippen LogP contribution in [0, 0.1) is 0 Å². The van der Waals surface area contributed by atoms with Crippen molar-refractivity contribution in [2.75, 3.05) is 19.7 Å². The fourth-order valence-electron chi connectivity index (χ4n) is 3.16. The first-order valence-electron chi connectivity index (χ1n) is 8.71. The Balaban J connectivity index is 1.70. The first-order valence-corrected chi connectivity index (χ1v) is 9.09. The van der Waals surface area contributed by atoms with E-state index in [-0.39, 0.29) is 6.10 Å². The summed E-state index contributed by atoms with van der Waals surface area (Å²) in [5.41, 5.74) is 9.03. The molecule has 3 N–H and O–H groups in total. The number of benzene rings is 2. The lowest BCUT2D eigenvalue weighted by Gasteiger charge is -2.24. The molecule has 1 aliphatic heterocycles. The molecule has 1 amide bonds. The van der Waals surface area contributed by atoms with Crippen LogP contribution in [-0.4, -0.2) is 35.4 Å². The number of aromatic nitrogens is 2. The number of nitrogens with zero attached hydrogens (tertiary/aromatic N) is 2. The largest absolute Gasteiger partial charge is 0.371 e. The molecule has 0 radical (unpaired) electrons. The lowest BCUT2D eigenvalue weighted by Crippen LogP contribution is -2.33. The standard InChI is InChI=1S/C20H19ClN4O2/c21-16-4-2-1-3-15(16)17-11-18(20(22)26)25(24-17)14-7-5-13(6-8-14)19-12-23-9-10-27-19/h1-8,11,19,23H,9-10,12H2,(H2,22,26)/t19-/m1/s1. The van der Waals surface area contributed by atoms with E-state index in [4.69, 9.17) is 22.1 Å². The van der Waals surface area contributed by atoms with Gasteiger partial charge < -0.3 is 15.8 Å². The van der Waals surface area contributed by atoms with Gasteiger partial charge in [-0.05, 0) is 29.8 Å². The van der Waals surface area contributed by atoms with E-state index in [0.717, 1.165) is 29.9 Å². The van der Waals surface area contributed by atoms with E-state index in [2.05, 4.69) is 10.4 Å². The number of morpholine rings is 1. The number of hydrogen-bond donors (Lipinski definition) is 2. The summed E-state index contributed by atoms with van der Waals surface area (Å²) in [4.78, 5) is 11.9. The molecule has 138 valence electrons. The number of carbonyl (C=O) groups excluding carboxylic acids is 1. The Bertz CT molecular complexity index is 962. The third-order valence-electron chi connectivity index (χ3n) is 4.55. The average Bonchev–Trinajstić information content (AvgIpc) is 3.15. The number of nitrogens with two attached hydrogens (primary N) is 1. The average molecular weight is 383 g/mol. The zero-order chi connectivity index (χ0) is 18.8. The Labute approximate surface area is 161 Å². The Hall–Kier alpha value is -2.67. The fraction of sp³-hybridized carbons (Fsp3) is 0.200. The molecule has 27 heavy (non-hydrogen) atoms. The van der Waals surface area contributed by atoms with E-state index in [9.17, 15) is 4.79 Å². The summed E-state index contributed by atoms with van der Waals surface area (Å²) >= 11 is 6.27. The number of hydrogen-bond acceptors (Lipinski definition) is 4. The smallest absolute Gasteiger partial charge is 0.267 e. The molecule has 4 rings (SSSR count). The van der Waals surface area contributed by atoms with Gasteiger partial charge in [-0.2, -0.15) is 5.10 Å². The van der Waals surface area contributed by atoms with E-state index in [1.807, 2.05) is 42.5 Å². The first-order chi connectivity index (χ1) is 13.1. The van der Waals surface area contributed by atoms with Crippen LogP contribution in [0.3, 0.4) is 0 Å². The quantitative estimate of drug-likeness (QED) is 0.726. The van der Waals surface area contributed by atoms with Crippen LogP contribution in [0.5, 0.6) is 0 Å². The predicted octanol–water partition coefficient (Wildman–Crippen LogP) is 2.95. The minimum Gasteiger partial charge on any atom is -0.371 e. The van der Waals surface area contributed by atoms with Crippen LogP contribution in [0.25, 0.3) is 16.9 Å². The number of primary amides is 1. The van der Waals surface area contributed by atoms with E-state index < -0.39 is 5.91 Å². The van der Waals surface area contributed by atoms with E-state index in [1.165, 1.54) is 0 Å². The topological polar surface area (TPSA) is 82.2 Å². The molecular formula is C20H19ClN4O2. The second-order valence-electron chi connectivity index (χ2n) is 6.33. The molecule has 0 unspecified atom stereocenters. The van der Waals surface area contributed by atoms with Crippen LogP contribution in [0.15, 0.2) is 54.6 Å². The highest BCUT2D eigenvalue weighted by atomic mass is 35.5. The van der Waals surface area contributed by atoms with Crippen LogP contribution in [0.1, 0.15) is 22.2 Å². The molecule has 2 heterocycles. The van der Waals surface area contributed by atoms with Crippen LogP contribution in [0.4, 0.5) is 0 Å². The summed E-state index contributed by atoms with van der Waals surface area (Å²) < 4.78 is 7.32. The fourth-order valence-corrected chi connectivity index (χ4v) is 3.40. The van der Waals surface area contributed by atoms with E-state index in [1.54, 1.807) is 16.8 Å². The van der Waals surface area contributed by atoms with Gasteiger partial charge in [0, 0.05) is 18.7 Å². The third-order valence-corrected chi connectivity index (χ3v) is 4.88. The monoisotopic (exact) mass is 382 g/mol. The second kappa shape index (κ2) is 7.52. The molecule has 2 aromatic carbocycles. The van der Waals surface area contributed by atoms with Crippen molar-refractivity contribution in [3.05, 3.63) is 70.9 Å². The summed E-state index contributed by atoms with van der Waals surface area (Å²) in [6.07, 6.45) is 0.0275. The van der Waals surface area contributed by atoms with Crippen LogP contribution >= 0.6 is 11.6 Å². The molecule has 0 saturated carbocycles. The van der Waals surface area contributed by atoms with Gasteiger partial charge in [0.1, 0.15) is 5.69 Å². The molecule has 1 saturated heterocycles. The molecule has 0 bridgehead atoms. The van der Waals surface area contributed by atoms with Crippen molar-refractivity contribution in [3.8, 4) is 16.9 Å². The molecule has 0 spiro atoms. The molecular weight excluding hydrogens is 364 g/mol. The number of halogens is 1. The molecule has 7 heteroatoms. The van der Waals surface area contributed by atoms with Crippen LogP contribution < -0.4 is 11.1 Å². The lowest BCUT2D eigenvalue weighted by atomic mass is 10.1. The normalized spacial score (nSPS) is 17.0. The summed E-state index contributed by atoms with van der Waals surface area (Å²) in [6, 6.07) is 16.8. The van der Waals surface area contributed by atoms with Crippen molar-refractivity contribution in [1.82, 2.24) is 15.1 Å². The van der Waals surface area contributed by atoms with Crippen molar-refractivity contribution in [2.45, 2.75) is 6.10 Å². The minimum atomic E-state index is -0.551. The zero-order valence-electron chi connectivity index (χ0n) is 14.6. The number of rotatable bonds is 4. The molecule has 3 aromatic rings. The van der Waals surface area contributed by atoms with Crippen molar-refractivity contribution in [1.29, 1.82) is 0 Å². The van der Waals surface area contributed by atoms with Gasteiger partial charge in [-0.3, -0.25) is 4.79 Å². The minimum absolute atomic E-state index is 0.0275. The van der Waals surface area contributed by atoms with E-state index in [0.29, 0.717) is 23.0 Å². The van der Waals surface area contributed by atoms with Crippen LogP contribution in [-0.2, 0) is 4.74 Å². The van der Waals surface area contributed by atoms with Gasteiger partial charge in [0.2, 0.25) is 0 Å². The molecule has 6 nitrogen and oxygen atoms in total. The predicted molar refractivity (Wildman–Crippen MR) is 104 cm³/mol.